The zero-order chi connectivity index (χ0) is 96.0. The van der Waals surface area contributed by atoms with Crippen LogP contribution >= 0.6 is 22.7 Å². The number of hydrogen-bond acceptors (Lipinski definition) is 27. The molecule has 15 aromatic rings. The number of carbonyl (C=O) groups is 6. The molecular formula is C102H101FN26O9S2. The van der Waals surface area contributed by atoms with E-state index in [2.05, 4.69) is 133 Å². The number of methoxy groups -OCH3 is 3. The fraction of sp³-hybridized carbons (Fsp3) is 0.304. The van der Waals surface area contributed by atoms with Crippen LogP contribution in [-0.2, 0) is 50.0 Å². The highest BCUT2D eigenvalue weighted by molar-refractivity contribution is 7.16. The van der Waals surface area contributed by atoms with Gasteiger partial charge in [0.05, 0.1) is 51.6 Å². The van der Waals surface area contributed by atoms with E-state index in [1.165, 1.54) is 37.7 Å². The first kappa shape index (κ1) is 92.8. The molecule has 38 heteroatoms. The van der Waals surface area contributed by atoms with Crippen molar-refractivity contribution in [1.82, 2.24) is 115 Å². The van der Waals surface area contributed by atoms with Gasteiger partial charge < -0.3 is 44.9 Å². The number of carbonyl (C=O) groups excluding carboxylic acids is 6. The third kappa shape index (κ3) is 20.2. The number of benzene rings is 5. The van der Waals surface area contributed by atoms with Crippen LogP contribution in [0.5, 0.6) is 0 Å². The van der Waals surface area contributed by atoms with Crippen LogP contribution in [0.2, 0.25) is 0 Å². The monoisotopic (exact) mass is 1920 g/mol. The molecular weight excluding hydrogens is 1820 g/mol. The van der Waals surface area contributed by atoms with Crippen molar-refractivity contribution in [3.8, 4) is 66.7 Å². The van der Waals surface area contributed by atoms with E-state index in [0.29, 0.717) is 150 Å². The molecule has 6 N–H and O–H groups in total. The molecule has 0 bridgehead atoms. The molecule has 1 aliphatic carbocycles. The van der Waals surface area contributed by atoms with Gasteiger partial charge in [-0.2, -0.15) is 20.4 Å². The number of aryl methyl sites for hydroxylation is 1. The zero-order valence-electron chi connectivity index (χ0n) is 77.4. The number of thiazole rings is 2. The highest BCUT2D eigenvalue weighted by atomic mass is 32.1. The number of H-pyrrole nitrogens is 3. The zero-order valence-corrected chi connectivity index (χ0v) is 79.1. The second kappa shape index (κ2) is 40.6. The number of fused-ring (bicyclic) bond motifs is 3. The number of rotatable bonds is 25. The molecule has 6 amide bonds. The number of hydrogen-bond donors (Lipinski definition) is 6. The van der Waals surface area contributed by atoms with Gasteiger partial charge in [-0.15, -0.1) is 22.7 Å². The summed E-state index contributed by atoms with van der Waals surface area (Å²) < 4.78 is 32.7. The lowest BCUT2D eigenvalue weighted by Gasteiger charge is -2.30. The maximum Gasteiger partial charge on any atom is 0.258 e. The number of ether oxygens (including phenoxy) is 3. The number of likely N-dealkylation sites (tertiary alicyclic amines) is 3. The second-order valence-corrected chi connectivity index (χ2v) is 37.8. The van der Waals surface area contributed by atoms with Crippen LogP contribution in [0.25, 0.3) is 116 Å². The summed E-state index contributed by atoms with van der Waals surface area (Å²) in [5.41, 5.74) is 12.6. The van der Waals surface area contributed by atoms with E-state index in [1.807, 2.05) is 122 Å². The van der Waals surface area contributed by atoms with Gasteiger partial charge in [0.25, 0.3) is 17.7 Å². The van der Waals surface area contributed by atoms with Gasteiger partial charge in [-0.25, -0.2) is 44.3 Å². The molecule has 7 aliphatic rings. The number of nitrogens with zero attached hydrogens (tertiary/aromatic N) is 20. The number of amides is 6. The van der Waals surface area contributed by atoms with Gasteiger partial charge in [0.2, 0.25) is 17.7 Å². The Morgan fingerprint density at radius 1 is 0.429 bits per heavy atom. The summed E-state index contributed by atoms with van der Waals surface area (Å²) in [4.78, 5) is 134. The molecule has 712 valence electrons. The highest BCUT2D eigenvalue weighted by Gasteiger charge is 2.49. The van der Waals surface area contributed by atoms with Crippen molar-refractivity contribution in [2.45, 2.75) is 74.1 Å². The molecule has 22 rings (SSSR count). The van der Waals surface area contributed by atoms with Gasteiger partial charge in [-0.3, -0.25) is 68.4 Å². The van der Waals surface area contributed by atoms with E-state index in [9.17, 15) is 33.2 Å². The minimum absolute atomic E-state index is 0.0128. The van der Waals surface area contributed by atoms with Crippen molar-refractivity contribution in [1.29, 1.82) is 0 Å². The predicted molar refractivity (Wildman–Crippen MR) is 531 cm³/mol. The molecule has 35 nitrogen and oxygen atoms in total. The Bertz CT molecular complexity index is 7210. The largest absolute Gasteiger partial charge is 0.367 e. The first-order valence-corrected chi connectivity index (χ1v) is 48.1. The summed E-state index contributed by atoms with van der Waals surface area (Å²) in [5.74, 6) is 1.60. The van der Waals surface area contributed by atoms with Crippen LogP contribution < -0.4 is 16.0 Å². The summed E-state index contributed by atoms with van der Waals surface area (Å²) in [6.45, 7) is 6.81. The number of halogens is 1. The third-order valence-electron chi connectivity index (χ3n) is 26.9. The number of aromatic nitrogens is 17. The van der Waals surface area contributed by atoms with Crippen molar-refractivity contribution in [3.63, 3.8) is 0 Å². The van der Waals surface area contributed by atoms with Crippen LogP contribution in [0.15, 0.2) is 220 Å². The molecule has 10 aromatic heterocycles. The molecule has 0 radical (unpaired) electrons. The Morgan fingerprint density at radius 2 is 0.829 bits per heavy atom. The Morgan fingerprint density at radius 3 is 1.24 bits per heavy atom. The first-order chi connectivity index (χ1) is 68.3. The van der Waals surface area contributed by atoms with Gasteiger partial charge in [-0.05, 0) is 189 Å². The average Bonchev–Trinajstić information content (AvgIpc) is 1.64. The molecule has 3 atom stereocenters. The van der Waals surface area contributed by atoms with E-state index in [1.54, 1.807) is 128 Å². The molecule has 3 saturated heterocycles. The van der Waals surface area contributed by atoms with Gasteiger partial charge in [0, 0.05) is 230 Å². The van der Waals surface area contributed by atoms with Crippen LogP contribution in [-0.4, -0.2) is 286 Å². The van der Waals surface area contributed by atoms with E-state index in [-0.39, 0.29) is 60.9 Å². The fourth-order valence-corrected chi connectivity index (χ4v) is 20.6. The van der Waals surface area contributed by atoms with Crippen molar-refractivity contribution in [2.75, 3.05) is 135 Å². The van der Waals surface area contributed by atoms with Gasteiger partial charge in [0.1, 0.15) is 32.9 Å². The van der Waals surface area contributed by atoms with E-state index >= 15 is 0 Å². The summed E-state index contributed by atoms with van der Waals surface area (Å²) in [6, 6.07) is 42.5. The van der Waals surface area contributed by atoms with Gasteiger partial charge >= 0.3 is 0 Å². The molecule has 16 heterocycles. The number of anilines is 3. The summed E-state index contributed by atoms with van der Waals surface area (Å²) >= 11 is 3.11. The van der Waals surface area contributed by atoms with Gasteiger partial charge in [0.15, 0.2) is 34.3 Å². The number of aromatic amines is 3. The summed E-state index contributed by atoms with van der Waals surface area (Å²) in [5, 5.41) is 40.6. The number of pyridine rings is 1. The fourth-order valence-electron chi connectivity index (χ4n) is 18.7. The standard InChI is InChI=1S/C35H35N9O3S.C34H35N9O3.C33H31FN8O3S/c1-47-35(34(46)40-25-5-6-27-26(18-25)31(42-41-27)24-7-13-36-28(17-24)22-3-4-22)10-16-43(21-35)20-30(45)44-14-8-23(9-15-44)33-39-19-29(48-33)32-37-11-2-12-38-32;1-41-16-12-29(40-41)31-27-20-26(8-9-28(27)38-39-31)37-33(45)34(46-2)13-19-42(22-34)21-30(44)43-17-10-24(11-18-43)23-4-6-25(7-5-23)32-35-14-3-15-36-32;1-45-33(32(44)38-24-7-8-26-25(17-24)29(40-39-26)21-3-5-23(34)6-4-21)11-16-41(20-33)19-28(43)42-14-9-22(10-15-42)31-37-18-27(46-31)30-35-12-2-13-36-30/h2,5-8,11-13,17-19,22H,3-4,9-10,14-16,20-21H2,1H3,(H,40,46)(H,41,42);3-10,12,14-16,20H,11,13,17-19,21-22H2,1-2H3,(H,37,45)(H,38,39);2-9,12-13,17-18H,10-11,14-16,19-20H2,1H3,(H,38,44)(H,39,40)/t35-;34-;33-/m000/s1. The third-order valence-corrected chi connectivity index (χ3v) is 29.0. The van der Waals surface area contributed by atoms with Crippen LogP contribution in [0.4, 0.5) is 21.5 Å². The lowest BCUT2D eigenvalue weighted by molar-refractivity contribution is -0.138. The first-order valence-electron chi connectivity index (χ1n) is 46.5. The number of nitrogens with one attached hydrogen (secondary N) is 6. The summed E-state index contributed by atoms with van der Waals surface area (Å²) in [6.07, 6.45) is 29.9. The average molecular weight is 1920 g/mol. The van der Waals surface area contributed by atoms with Gasteiger partial charge in [-0.1, -0.05) is 42.5 Å². The van der Waals surface area contributed by atoms with Crippen LogP contribution in [0.1, 0.15) is 78.6 Å². The Hall–Kier alpha value is -14.9. The van der Waals surface area contributed by atoms with Crippen molar-refractivity contribution in [2.24, 2.45) is 7.05 Å². The van der Waals surface area contributed by atoms with Crippen molar-refractivity contribution in [3.05, 3.63) is 247 Å². The summed E-state index contributed by atoms with van der Waals surface area (Å²) in [7, 11) is 6.51. The molecule has 140 heavy (non-hydrogen) atoms. The Kier molecular flexibility index (Phi) is 26.9. The van der Waals surface area contributed by atoms with Crippen LogP contribution in [0.3, 0.4) is 0 Å². The van der Waals surface area contributed by atoms with Crippen LogP contribution in [0, 0.1) is 5.82 Å². The van der Waals surface area contributed by atoms with Crippen molar-refractivity contribution < 1.29 is 47.4 Å². The van der Waals surface area contributed by atoms with E-state index < -0.39 is 16.8 Å². The second-order valence-electron chi connectivity index (χ2n) is 35.8. The topological polar surface area (TPSA) is 406 Å². The SMILES string of the molecule is CO[C@@]1(C(=O)Nc2ccc3[nH]nc(-c4ccc(F)cc4)c3c2)CCN(CC(=O)N2CC=C(c3ncc(-c4ncccn4)s3)CC2)C1.CO[C@@]1(C(=O)Nc2ccc3[nH]nc(-c4ccn(C)n4)c3c2)CCN(CC(=O)N2CC=C(c3ccc(-c4ncccn4)cc3)CC2)C1.CO[C@@]1(C(=O)Nc2ccc3[nH]nc(-c4ccnc(C5CC5)c4)c3c2)CCN(CC(=O)N2CC=C(c3ncc(-c4ncccn4)s3)CC2)C1. The minimum atomic E-state index is -1.09. The lowest BCUT2D eigenvalue weighted by Crippen LogP contribution is -2.48. The van der Waals surface area contributed by atoms with Crippen molar-refractivity contribution >= 4 is 125 Å². The Labute approximate surface area is 811 Å². The molecule has 0 spiro atoms. The maximum absolute atomic E-state index is 13.7. The minimum Gasteiger partial charge on any atom is -0.367 e. The van der Waals surface area contributed by atoms with E-state index in [0.717, 1.165) is 121 Å². The molecule has 4 fully saturated rings. The molecule has 5 aromatic carbocycles. The van der Waals surface area contributed by atoms with E-state index in [4.69, 9.17) is 14.2 Å². The normalized spacial score (nSPS) is 19.0. The quantitative estimate of drug-likeness (QED) is 0.0309. The maximum atomic E-state index is 13.7. The molecule has 0 unspecified atom stereocenters. The predicted octanol–water partition coefficient (Wildman–Crippen LogP) is 13.2. The molecule has 6 aliphatic heterocycles. The Balaban J connectivity index is 0.000000129. The lowest BCUT2D eigenvalue weighted by atomic mass is 9.98. The molecule has 1 saturated carbocycles. The highest BCUT2D eigenvalue weighted by Crippen LogP contribution is 2.43. The smallest absolute Gasteiger partial charge is 0.258 e.